The van der Waals surface area contributed by atoms with Gasteiger partial charge in [0, 0.05) is 30.9 Å². The van der Waals surface area contributed by atoms with Crippen LogP contribution < -0.4 is 0 Å². The lowest BCUT2D eigenvalue weighted by atomic mass is 10.1. The number of hydrogen-bond acceptors (Lipinski definition) is 4. The van der Waals surface area contributed by atoms with Gasteiger partial charge < -0.3 is 9.64 Å². The molecule has 0 N–H and O–H groups in total. The van der Waals surface area contributed by atoms with E-state index in [9.17, 15) is 4.79 Å². The first-order valence-electron chi connectivity index (χ1n) is 7.37. The zero-order valence-corrected chi connectivity index (χ0v) is 13.4. The van der Waals surface area contributed by atoms with Gasteiger partial charge in [-0.15, -0.1) is 5.10 Å². The molecular formula is C16H23N3O2. The predicted octanol–water partition coefficient (Wildman–Crippen LogP) is 2.49. The molecule has 1 atom stereocenters. The molecular weight excluding hydrogens is 266 g/mol. The van der Waals surface area contributed by atoms with E-state index in [2.05, 4.69) is 36.8 Å². The van der Waals surface area contributed by atoms with E-state index in [0.717, 1.165) is 6.54 Å². The Bertz CT molecular complexity index is 558. The van der Waals surface area contributed by atoms with E-state index in [1.807, 2.05) is 19.1 Å². The van der Waals surface area contributed by atoms with Crippen molar-refractivity contribution in [1.29, 1.82) is 0 Å². The average molecular weight is 289 g/mol. The van der Waals surface area contributed by atoms with Crippen LogP contribution >= 0.6 is 0 Å². The van der Waals surface area contributed by atoms with E-state index in [4.69, 9.17) is 4.74 Å². The summed E-state index contributed by atoms with van der Waals surface area (Å²) in [4.78, 5) is 14.4. The van der Waals surface area contributed by atoms with E-state index >= 15 is 0 Å². The van der Waals surface area contributed by atoms with Crippen LogP contribution in [0.1, 0.15) is 27.7 Å². The Kier molecular flexibility index (Phi) is 4.50. The minimum atomic E-state index is -0.131. The van der Waals surface area contributed by atoms with Crippen LogP contribution in [0.4, 0.5) is 0 Å². The summed E-state index contributed by atoms with van der Waals surface area (Å²) in [6, 6.07) is 0. The SMILES string of the molecule is CCOC1=NN(C)C(=O)/C1=C/C=C1/C(C)C=C(C)N1CC. The van der Waals surface area contributed by atoms with E-state index < -0.39 is 0 Å². The Morgan fingerprint density at radius 2 is 2.10 bits per heavy atom. The van der Waals surface area contributed by atoms with Crippen molar-refractivity contribution < 1.29 is 9.53 Å². The van der Waals surface area contributed by atoms with Gasteiger partial charge in [-0.25, -0.2) is 5.01 Å². The van der Waals surface area contributed by atoms with Crippen LogP contribution in [0.3, 0.4) is 0 Å². The summed E-state index contributed by atoms with van der Waals surface area (Å²) >= 11 is 0. The van der Waals surface area contributed by atoms with Gasteiger partial charge in [0.25, 0.3) is 5.91 Å². The zero-order chi connectivity index (χ0) is 15.6. The first kappa shape index (κ1) is 15.4. The number of nitrogens with zero attached hydrogens (tertiary/aromatic N) is 3. The Labute approximate surface area is 126 Å². The highest BCUT2D eigenvalue weighted by Crippen LogP contribution is 2.30. The van der Waals surface area contributed by atoms with Gasteiger partial charge in [-0.1, -0.05) is 13.0 Å². The molecule has 0 aromatic carbocycles. The lowest BCUT2D eigenvalue weighted by molar-refractivity contribution is -0.124. The van der Waals surface area contributed by atoms with Crippen molar-refractivity contribution in [3.63, 3.8) is 0 Å². The number of hydrazone groups is 1. The van der Waals surface area contributed by atoms with Gasteiger partial charge >= 0.3 is 0 Å². The first-order chi connectivity index (χ1) is 9.99. The third-order valence-corrected chi connectivity index (χ3v) is 3.71. The maximum Gasteiger partial charge on any atom is 0.279 e. The summed E-state index contributed by atoms with van der Waals surface area (Å²) in [5.41, 5.74) is 2.96. The highest BCUT2D eigenvalue weighted by Gasteiger charge is 2.29. The summed E-state index contributed by atoms with van der Waals surface area (Å²) in [5, 5.41) is 5.43. The maximum absolute atomic E-state index is 12.1. The first-order valence-corrected chi connectivity index (χ1v) is 7.37. The molecule has 5 heteroatoms. The topological polar surface area (TPSA) is 45.1 Å². The van der Waals surface area contributed by atoms with Crippen LogP contribution in [0.5, 0.6) is 0 Å². The molecule has 0 radical (unpaired) electrons. The second kappa shape index (κ2) is 6.16. The number of hydrogen-bond donors (Lipinski definition) is 0. The van der Waals surface area contributed by atoms with Gasteiger partial charge in [-0.05, 0) is 32.9 Å². The molecule has 1 unspecified atom stereocenters. The van der Waals surface area contributed by atoms with E-state index in [-0.39, 0.29) is 5.91 Å². The monoisotopic (exact) mass is 289 g/mol. The number of carbonyl (C=O) groups excluding carboxylic acids is 1. The highest BCUT2D eigenvalue weighted by atomic mass is 16.5. The van der Waals surface area contributed by atoms with Crippen molar-refractivity contribution in [2.45, 2.75) is 27.7 Å². The van der Waals surface area contributed by atoms with Crippen molar-refractivity contribution in [2.24, 2.45) is 11.0 Å². The summed E-state index contributed by atoms with van der Waals surface area (Å²) in [7, 11) is 1.64. The van der Waals surface area contributed by atoms with Gasteiger partial charge in [0.05, 0.1) is 6.61 Å². The molecule has 1 amide bonds. The average Bonchev–Trinajstić information content (AvgIpc) is 2.86. The fourth-order valence-corrected chi connectivity index (χ4v) is 2.72. The number of ether oxygens (including phenoxy) is 1. The Morgan fingerprint density at radius 3 is 2.71 bits per heavy atom. The molecule has 0 aromatic rings. The second-order valence-corrected chi connectivity index (χ2v) is 5.18. The molecule has 0 aromatic heterocycles. The summed E-state index contributed by atoms with van der Waals surface area (Å²) < 4.78 is 5.44. The number of carbonyl (C=O) groups is 1. The Balaban J connectivity index is 2.29. The molecule has 2 aliphatic heterocycles. The number of rotatable bonds is 3. The van der Waals surface area contributed by atoms with Gasteiger partial charge in [0.1, 0.15) is 5.57 Å². The van der Waals surface area contributed by atoms with Crippen LogP contribution in [0, 0.1) is 5.92 Å². The van der Waals surface area contributed by atoms with Crippen LogP contribution in [-0.2, 0) is 9.53 Å². The Morgan fingerprint density at radius 1 is 1.38 bits per heavy atom. The molecule has 0 bridgehead atoms. The van der Waals surface area contributed by atoms with Gasteiger partial charge in [-0.3, -0.25) is 4.79 Å². The van der Waals surface area contributed by atoms with Crippen LogP contribution in [-0.4, -0.2) is 41.9 Å². The largest absolute Gasteiger partial charge is 0.476 e. The quantitative estimate of drug-likeness (QED) is 0.750. The van der Waals surface area contributed by atoms with Crippen molar-refractivity contribution in [3.05, 3.63) is 35.2 Å². The standard InChI is InChI=1S/C16H23N3O2/c1-6-19-12(4)10-11(3)14(19)9-8-13-15(21-7-2)17-18(5)16(13)20/h8-11H,6-7H2,1-5H3/b13-8+,14-9-. The number of likely N-dealkylation sites (N-methyl/N-ethyl adjacent to an activating group) is 1. The number of allylic oxidation sites excluding steroid dienone is 4. The molecule has 0 fully saturated rings. The molecule has 0 spiro atoms. The van der Waals surface area contributed by atoms with Crippen molar-refractivity contribution >= 4 is 11.8 Å². The number of amides is 1. The van der Waals surface area contributed by atoms with Crippen molar-refractivity contribution in [3.8, 4) is 0 Å². The zero-order valence-electron chi connectivity index (χ0n) is 13.4. The van der Waals surface area contributed by atoms with Gasteiger partial charge in [0.2, 0.25) is 5.90 Å². The summed E-state index contributed by atoms with van der Waals surface area (Å²) in [6.45, 7) is 9.68. The minimum Gasteiger partial charge on any atom is -0.476 e. The molecule has 2 heterocycles. The Hall–Kier alpha value is -2.04. The van der Waals surface area contributed by atoms with Crippen LogP contribution in [0.2, 0.25) is 0 Å². The molecule has 114 valence electrons. The third kappa shape index (κ3) is 2.86. The lowest BCUT2D eigenvalue weighted by Gasteiger charge is -2.21. The van der Waals surface area contributed by atoms with Crippen molar-refractivity contribution in [2.75, 3.05) is 20.2 Å². The fraction of sp³-hybridized carbons (Fsp3) is 0.500. The van der Waals surface area contributed by atoms with E-state index in [1.54, 1.807) is 7.05 Å². The highest BCUT2D eigenvalue weighted by molar-refractivity contribution is 6.21. The lowest BCUT2D eigenvalue weighted by Crippen LogP contribution is -2.19. The maximum atomic E-state index is 12.1. The van der Waals surface area contributed by atoms with E-state index in [0.29, 0.717) is 24.0 Å². The molecule has 2 rings (SSSR count). The molecule has 0 saturated heterocycles. The molecule has 0 saturated carbocycles. The molecule has 2 aliphatic rings. The molecule has 21 heavy (non-hydrogen) atoms. The predicted molar refractivity (Wildman–Crippen MR) is 83.3 cm³/mol. The minimum absolute atomic E-state index is 0.131. The smallest absolute Gasteiger partial charge is 0.279 e. The normalized spacial score (nSPS) is 26.0. The van der Waals surface area contributed by atoms with Crippen LogP contribution in [0.15, 0.2) is 40.3 Å². The summed E-state index contributed by atoms with van der Waals surface area (Å²) in [5.74, 6) is 0.623. The summed E-state index contributed by atoms with van der Waals surface area (Å²) in [6.07, 6.45) is 6.05. The fourth-order valence-electron chi connectivity index (χ4n) is 2.72. The van der Waals surface area contributed by atoms with Gasteiger partial charge in [0.15, 0.2) is 0 Å². The van der Waals surface area contributed by atoms with Crippen LogP contribution in [0.25, 0.3) is 0 Å². The third-order valence-electron chi connectivity index (χ3n) is 3.71. The molecule has 5 nitrogen and oxygen atoms in total. The van der Waals surface area contributed by atoms with Crippen molar-refractivity contribution in [1.82, 2.24) is 9.91 Å². The molecule has 0 aliphatic carbocycles. The second-order valence-electron chi connectivity index (χ2n) is 5.18. The van der Waals surface area contributed by atoms with Gasteiger partial charge in [-0.2, -0.15) is 0 Å². The van der Waals surface area contributed by atoms with E-state index in [1.165, 1.54) is 16.4 Å².